The number of ether oxygens (including phenoxy) is 1. The van der Waals surface area contributed by atoms with Gasteiger partial charge in [-0.05, 0) is 62.4 Å². The van der Waals surface area contributed by atoms with Crippen molar-refractivity contribution in [3.05, 3.63) is 106 Å². The molecule has 8 nitrogen and oxygen atoms in total. The SMILES string of the molecule is COc1ccccc1N(CC(=O)N/N=C/c1cc(C)n(-c2cc(Cl)cc(Cl)c2)c1C)S(=O)(=O)c1ccccc1. The molecule has 0 bridgehead atoms. The van der Waals surface area contributed by atoms with E-state index in [1.54, 1.807) is 60.7 Å². The summed E-state index contributed by atoms with van der Waals surface area (Å²) in [5.41, 5.74) is 5.98. The zero-order valence-corrected chi connectivity index (χ0v) is 23.8. The van der Waals surface area contributed by atoms with Crippen LogP contribution in [0.2, 0.25) is 10.0 Å². The number of anilines is 1. The number of aryl methyl sites for hydroxylation is 1. The Hall–Kier alpha value is -3.79. The molecule has 0 fully saturated rings. The summed E-state index contributed by atoms with van der Waals surface area (Å²) in [6, 6.07) is 21.6. The molecule has 0 aliphatic rings. The van der Waals surface area contributed by atoms with E-state index in [2.05, 4.69) is 10.5 Å². The van der Waals surface area contributed by atoms with Crippen molar-refractivity contribution in [3.8, 4) is 11.4 Å². The van der Waals surface area contributed by atoms with Crippen LogP contribution in [0.25, 0.3) is 5.69 Å². The Morgan fingerprint density at radius 1 is 1.00 bits per heavy atom. The summed E-state index contributed by atoms with van der Waals surface area (Å²) >= 11 is 12.4. The molecule has 1 amide bonds. The molecule has 0 radical (unpaired) electrons. The van der Waals surface area contributed by atoms with Gasteiger partial charge in [-0.15, -0.1) is 0 Å². The summed E-state index contributed by atoms with van der Waals surface area (Å²) in [6.07, 6.45) is 1.50. The Kier molecular flexibility index (Phi) is 8.64. The number of nitrogens with one attached hydrogen (secondary N) is 1. The number of aromatic nitrogens is 1. The van der Waals surface area contributed by atoms with Crippen molar-refractivity contribution >= 4 is 51.0 Å². The Bertz CT molecular complexity index is 1620. The van der Waals surface area contributed by atoms with Gasteiger partial charge in [-0.1, -0.05) is 53.5 Å². The van der Waals surface area contributed by atoms with Gasteiger partial charge in [-0.25, -0.2) is 13.8 Å². The fourth-order valence-electron chi connectivity index (χ4n) is 4.18. The number of nitrogens with zero attached hydrogens (tertiary/aromatic N) is 3. The van der Waals surface area contributed by atoms with Gasteiger partial charge in [0.2, 0.25) is 0 Å². The molecule has 4 aromatic rings. The number of methoxy groups -OCH3 is 1. The third-order valence-electron chi connectivity index (χ3n) is 5.94. The minimum Gasteiger partial charge on any atom is -0.495 e. The monoisotopic (exact) mass is 584 g/mol. The van der Waals surface area contributed by atoms with Gasteiger partial charge in [-0.3, -0.25) is 9.10 Å². The van der Waals surface area contributed by atoms with Crippen LogP contribution in [0.1, 0.15) is 17.0 Å². The molecular weight excluding hydrogens is 559 g/mol. The van der Waals surface area contributed by atoms with Crippen LogP contribution in [0.4, 0.5) is 5.69 Å². The topological polar surface area (TPSA) is 93.0 Å². The Morgan fingerprint density at radius 3 is 2.31 bits per heavy atom. The largest absolute Gasteiger partial charge is 0.495 e. The molecule has 0 saturated heterocycles. The number of hydrogen-bond donors (Lipinski definition) is 1. The minimum atomic E-state index is -4.09. The molecule has 0 aliphatic heterocycles. The number of sulfonamides is 1. The number of rotatable bonds is 9. The predicted molar refractivity (Wildman–Crippen MR) is 155 cm³/mol. The van der Waals surface area contributed by atoms with Crippen LogP contribution in [0.3, 0.4) is 0 Å². The molecule has 39 heavy (non-hydrogen) atoms. The highest BCUT2D eigenvalue weighted by Crippen LogP contribution is 2.32. The molecule has 0 unspecified atom stereocenters. The molecule has 0 spiro atoms. The second-order valence-corrected chi connectivity index (χ2v) is 11.3. The van der Waals surface area contributed by atoms with Crippen LogP contribution >= 0.6 is 23.2 Å². The maximum Gasteiger partial charge on any atom is 0.264 e. The smallest absolute Gasteiger partial charge is 0.264 e. The first kappa shape index (κ1) is 28.2. The maximum atomic E-state index is 13.5. The van der Waals surface area contributed by atoms with Crippen LogP contribution in [-0.2, 0) is 14.8 Å². The lowest BCUT2D eigenvalue weighted by atomic mass is 10.2. The number of carbonyl (C=O) groups is 1. The third kappa shape index (κ3) is 6.27. The van der Waals surface area contributed by atoms with Crippen molar-refractivity contribution in [2.45, 2.75) is 18.7 Å². The van der Waals surface area contributed by atoms with Gasteiger partial charge in [0, 0.05) is 32.7 Å². The lowest BCUT2D eigenvalue weighted by Gasteiger charge is -2.25. The number of hydrogen-bond acceptors (Lipinski definition) is 5. The van der Waals surface area contributed by atoms with E-state index in [0.29, 0.717) is 15.8 Å². The van der Waals surface area contributed by atoms with Crippen molar-refractivity contribution in [1.82, 2.24) is 9.99 Å². The zero-order chi connectivity index (χ0) is 28.2. The standard InChI is InChI=1S/C28H26Cl2N4O4S/c1-19-13-21(20(2)34(19)24-15-22(29)14-23(30)16-24)17-31-32-28(35)18-33(26-11-7-8-12-27(26)38-3)39(36,37)25-9-5-4-6-10-25/h4-17H,18H2,1-3H3,(H,32,35)/b31-17+. The van der Waals surface area contributed by atoms with E-state index in [0.717, 1.165) is 26.9 Å². The fourth-order valence-corrected chi connectivity index (χ4v) is 6.15. The normalized spacial score (nSPS) is 11.5. The van der Waals surface area contributed by atoms with Crippen LogP contribution < -0.4 is 14.5 Å². The molecular formula is C28H26Cl2N4O4S. The Balaban J connectivity index is 1.58. The number of halogens is 2. The van der Waals surface area contributed by atoms with E-state index in [4.69, 9.17) is 27.9 Å². The molecule has 3 aromatic carbocycles. The van der Waals surface area contributed by atoms with Gasteiger partial charge in [0.25, 0.3) is 15.9 Å². The molecule has 1 N–H and O–H groups in total. The second kappa shape index (κ2) is 11.9. The molecule has 0 saturated carbocycles. The van der Waals surface area contributed by atoms with Gasteiger partial charge in [0.15, 0.2) is 0 Å². The first-order valence-corrected chi connectivity index (χ1v) is 14.0. The summed E-state index contributed by atoms with van der Waals surface area (Å²) in [5, 5.41) is 5.11. The lowest BCUT2D eigenvalue weighted by molar-refractivity contribution is -0.119. The Labute approximate surface area is 237 Å². The molecule has 202 valence electrons. The highest BCUT2D eigenvalue weighted by Gasteiger charge is 2.29. The quantitative estimate of drug-likeness (QED) is 0.200. The summed E-state index contributed by atoms with van der Waals surface area (Å²) in [5.74, 6) is -0.325. The predicted octanol–water partition coefficient (Wildman–Crippen LogP) is 5.76. The molecule has 1 aromatic heterocycles. The van der Waals surface area contributed by atoms with Gasteiger partial charge in [0.05, 0.1) is 23.9 Å². The summed E-state index contributed by atoms with van der Waals surface area (Å²) in [6.45, 7) is 3.31. The van der Waals surface area contributed by atoms with Crippen LogP contribution in [-0.4, -0.2) is 38.8 Å². The first-order chi connectivity index (χ1) is 18.6. The lowest BCUT2D eigenvalue weighted by Crippen LogP contribution is -2.39. The van der Waals surface area contributed by atoms with Gasteiger partial charge in [0.1, 0.15) is 12.3 Å². The average Bonchev–Trinajstić information content (AvgIpc) is 3.19. The maximum absolute atomic E-state index is 13.5. The van der Waals surface area contributed by atoms with Gasteiger partial charge >= 0.3 is 0 Å². The molecule has 4 rings (SSSR count). The Morgan fingerprint density at radius 2 is 1.64 bits per heavy atom. The van der Waals surface area contributed by atoms with E-state index in [1.165, 1.54) is 25.5 Å². The highest BCUT2D eigenvalue weighted by atomic mass is 35.5. The van der Waals surface area contributed by atoms with Crippen molar-refractivity contribution in [2.24, 2.45) is 5.10 Å². The average molecular weight is 586 g/mol. The van der Waals surface area contributed by atoms with Crippen molar-refractivity contribution < 1.29 is 17.9 Å². The summed E-state index contributed by atoms with van der Waals surface area (Å²) < 4.78 is 35.4. The summed E-state index contributed by atoms with van der Waals surface area (Å²) in [7, 11) is -2.66. The van der Waals surface area contributed by atoms with Crippen molar-refractivity contribution in [1.29, 1.82) is 0 Å². The van der Waals surface area contributed by atoms with Crippen LogP contribution in [0.5, 0.6) is 5.75 Å². The van der Waals surface area contributed by atoms with E-state index in [-0.39, 0.29) is 10.6 Å². The van der Waals surface area contributed by atoms with Gasteiger partial charge in [-0.2, -0.15) is 5.10 Å². The van der Waals surface area contributed by atoms with Crippen molar-refractivity contribution in [2.75, 3.05) is 18.0 Å². The van der Waals surface area contributed by atoms with E-state index in [9.17, 15) is 13.2 Å². The van der Waals surface area contributed by atoms with Gasteiger partial charge < -0.3 is 9.30 Å². The van der Waals surface area contributed by atoms with Crippen LogP contribution in [0.15, 0.2) is 88.9 Å². The zero-order valence-electron chi connectivity index (χ0n) is 21.4. The highest BCUT2D eigenvalue weighted by molar-refractivity contribution is 7.92. The van der Waals surface area contributed by atoms with E-state index < -0.39 is 22.5 Å². The van der Waals surface area contributed by atoms with E-state index in [1.807, 2.05) is 24.5 Å². The first-order valence-electron chi connectivity index (χ1n) is 11.8. The second-order valence-electron chi connectivity index (χ2n) is 8.58. The fraction of sp³-hybridized carbons (Fsp3) is 0.143. The number of carbonyl (C=O) groups excluding carboxylic acids is 1. The minimum absolute atomic E-state index is 0.0424. The molecule has 1 heterocycles. The number of benzene rings is 3. The van der Waals surface area contributed by atoms with E-state index >= 15 is 0 Å². The number of amides is 1. The number of hydrazone groups is 1. The number of para-hydroxylation sites is 2. The molecule has 11 heteroatoms. The molecule has 0 atom stereocenters. The summed E-state index contributed by atoms with van der Waals surface area (Å²) in [4.78, 5) is 13.0. The third-order valence-corrected chi connectivity index (χ3v) is 8.15. The van der Waals surface area contributed by atoms with Crippen molar-refractivity contribution in [3.63, 3.8) is 0 Å². The molecule has 0 aliphatic carbocycles. The van der Waals surface area contributed by atoms with Crippen LogP contribution in [0, 0.1) is 13.8 Å².